The van der Waals surface area contributed by atoms with Gasteiger partial charge in [0.05, 0.1) is 25.4 Å². The monoisotopic (exact) mass is 1310 g/mol. The predicted molar refractivity (Wildman–Crippen MR) is 401 cm³/mol. The molecule has 0 bridgehead atoms. The molecular weight excluding hydrogens is 1150 g/mol. The van der Waals surface area contributed by atoms with Crippen LogP contribution in [0.5, 0.6) is 0 Å². The molecule has 9 nitrogen and oxygen atoms in total. The topological polar surface area (TPSA) is 149 Å². The Balaban J connectivity index is 2.05. The minimum Gasteiger partial charge on any atom is -0.394 e. The number of nitrogens with one attached hydrogen (secondary N) is 1. The van der Waals surface area contributed by atoms with Gasteiger partial charge >= 0.3 is 0 Å². The van der Waals surface area contributed by atoms with Crippen molar-refractivity contribution in [3.05, 3.63) is 72.9 Å². The highest BCUT2D eigenvalue weighted by atomic mass is 16.7. The number of hydrogen-bond donors (Lipinski definition) is 6. The molecule has 1 fully saturated rings. The molecule has 0 spiro atoms. The highest BCUT2D eigenvalue weighted by molar-refractivity contribution is 5.76. The Kier molecular flexibility index (Phi) is 69.0. The van der Waals surface area contributed by atoms with Crippen molar-refractivity contribution in [2.75, 3.05) is 13.2 Å². The lowest BCUT2D eigenvalue weighted by atomic mass is 9.99. The van der Waals surface area contributed by atoms with Gasteiger partial charge in [0.25, 0.3) is 0 Å². The van der Waals surface area contributed by atoms with E-state index in [1.807, 2.05) is 0 Å². The second-order valence-corrected chi connectivity index (χ2v) is 28.2. The second kappa shape index (κ2) is 72.4. The molecule has 0 aliphatic carbocycles. The smallest absolute Gasteiger partial charge is 0.220 e. The molecule has 1 rings (SSSR count). The van der Waals surface area contributed by atoms with E-state index in [9.17, 15) is 30.3 Å². The molecule has 544 valence electrons. The number of ether oxygens (including phenoxy) is 2. The number of carbonyl (C=O) groups excluding carboxylic acids is 1. The maximum atomic E-state index is 13.2. The molecule has 1 saturated heterocycles. The average Bonchev–Trinajstić information content (AvgIpc) is 1.01. The minimum atomic E-state index is -1.56. The first-order valence-corrected chi connectivity index (χ1v) is 40.6. The molecule has 1 amide bonds. The van der Waals surface area contributed by atoms with Gasteiger partial charge in [-0.15, -0.1) is 0 Å². The van der Waals surface area contributed by atoms with Crippen molar-refractivity contribution in [1.82, 2.24) is 5.32 Å². The van der Waals surface area contributed by atoms with Crippen molar-refractivity contribution in [1.29, 1.82) is 0 Å². The van der Waals surface area contributed by atoms with E-state index in [0.717, 1.165) is 77.0 Å². The zero-order valence-corrected chi connectivity index (χ0v) is 61.3. The van der Waals surface area contributed by atoms with Gasteiger partial charge in [-0.2, -0.15) is 0 Å². The molecule has 0 saturated carbocycles. The molecule has 1 aliphatic rings. The molecule has 7 unspecified atom stereocenters. The number of carbonyl (C=O) groups is 1. The van der Waals surface area contributed by atoms with Crippen molar-refractivity contribution < 1.29 is 39.8 Å². The van der Waals surface area contributed by atoms with Gasteiger partial charge in [0, 0.05) is 6.42 Å². The van der Waals surface area contributed by atoms with Gasteiger partial charge < -0.3 is 40.3 Å². The van der Waals surface area contributed by atoms with Crippen LogP contribution < -0.4 is 5.32 Å². The van der Waals surface area contributed by atoms with Gasteiger partial charge in [0.2, 0.25) is 5.91 Å². The SMILES string of the molecule is CC/C=C\C/C=C\C/C=C\C/C=C\C/C=C\C/C=C\CCCCCCCCCCCCCCCCCCCCC(=O)NC(COC1OC(CO)C(O)C(O)C1O)C(O)CCCCCCCCCCCCCCCCCCCCCCCCCCCCCCCCCCC. The Morgan fingerprint density at radius 1 is 0.376 bits per heavy atom. The normalized spacial score (nSPS) is 17.9. The van der Waals surface area contributed by atoms with E-state index in [4.69, 9.17) is 9.47 Å². The first kappa shape index (κ1) is 88.6. The summed E-state index contributed by atoms with van der Waals surface area (Å²) in [7, 11) is 0. The highest BCUT2D eigenvalue weighted by Gasteiger charge is 2.44. The molecule has 0 aromatic carbocycles. The van der Waals surface area contributed by atoms with Crippen molar-refractivity contribution in [2.24, 2.45) is 0 Å². The molecule has 0 radical (unpaired) electrons. The van der Waals surface area contributed by atoms with Gasteiger partial charge in [0.1, 0.15) is 24.4 Å². The summed E-state index contributed by atoms with van der Waals surface area (Å²) in [5, 5.41) is 55.1. The molecular formula is C84H155NO8. The maximum absolute atomic E-state index is 13.2. The van der Waals surface area contributed by atoms with Crippen LogP contribution in [0.1, 0.15) is 399 Å². The van der Waals surface area contributed by atoms with Gasteiger partial charge in [-0.1, -0.05) is 401 Å². The summed E-state index contributed by atoms with van der Waals surface area (Å²) in [5.41, 5.74) is 0. The fourth-order valence-corrected chi connectivity index (χ4v) is 13.1. The van der Waals surface area contributed by atoms with Crippen molar-refractivity contribution in [3.8, 4) is 0 Å². The molecule has 6 N–H and O–H groups in total. The number of aliphatic hydroxyl groups excluding tert-OH is 5. The fourth-order valence-electron chi connectivity index (χ4n) is 13.1. The number of hydrogen-bond acceptors (Lipinski definition) is 8. The van der Waals surface area contributed by atoms with Gasteiger partial charge in [-0.05, 0) is 64.2 Å². The van der Waals surface area contributed by atoms with Crippen LogP contribution in [0, 0.1) is 0 Å². The van der Waals surface area contributed by atoms with Crippen LogP contribution in [0.25, 0.3) is 0 Å². The number of rotatable bonds is 72. The van der Waals surface area contributed by atoms with Gasteiger partial charge in [-0.3, -0.25) is 4.79 Å². The van der Waals surface area contributed by atoms with Crippen LogP contribution in [0.2, 0.25) is 0 Å². The van der Waals surface area contributed by atoms with Crippen LogP contribution in [0.4, 0.5) is 0 Å². The Morgan fingerprint density at radius 2 is 0.667 bits per heavy atom. The third-order valence-corrected chi connectivity index (χ3v) is 19.3. The quantitative estimate of drug-likeness (QED) is 0.0261. The summed E-state index contributed by atoms with van der Waals surface area (Å²) >= 11 is 0. The molecule has 0 aromatic heterocycles. The zero-order chi connectivity index (χ0) is 67.1. The molecule has 7 atom stereocenters. The van der Waals surface area contributed by atoms with E-state index < -0.39 is 49.5 Å². The van der Waals surface area contributed by atoms with Crippen LogP contribution >= 0.6 is 0 Å². The summed E-state index contributed by atoms with van der Waals surface area (Å²) < 4.78 is 11.4. The Bertz CT molecular complexity index is 1710. The van der Waals surface area contributed by atoms with E-state index in [1.54, 1.807) is 0 Å². The van der Waals surface area contributed by atoms with Crippen molar-refractivity contribution in [2.45, 2.75) is 442 Å². The molecule has 93 heavy (non-hydrogen) atoms. The molecule has 1 heterocycles. The van der Waals surface area contributed by atoms with Crippen molar-refractivity contribution >= 4 is 5.91 Å². The zero-order valence-electron chi connectivity index (χ0n) is 61.3. The number of aliphatic hydroxyl groups is 5. The Hall–Kier alpha value is -2.37. The summed E-state index contributed by atoms with van der Waals surface area (Å²) in [6.07, 6.45) is 95.8. The lowest BCUT2D eigenvalue weighted by Gasteiger charge is -2.40. The van der Waals surface area contributed by atoms with E-state index in [0.29, 0.717) is 12.8 Å². The summed E-state index contributed by atoms with van der Waals surface area (Å²) in [4.78, 5) is 13.2. The third-order valence-electron chi connectivity index (χ3n) is 19.3. The Labute approximate surface area is 576 Å². The van der Waals surface area contributed by atoms with Crippen LogP contribution in [-0.2, 0) is 14.3 Å². The average molecular weight is 1310 g/mol. The van der Waals surface area contributed by atoms with Gasteiger partial charge in [-0.25, -0.2) is 0 Å². The summed E-state index contributed by atoms with van der Waals surface area (Å²) in [5.74, 6) is -0.138. The Morgan fingerprint density at radius 3 is 0.989 bits per heavy atom. The largest absolute Gasteiger partial charge is 0.394 e. The highest BCUT2D eigenvalue weighted by Crippen LogP contribution is 2.24. The van der Waals surface area contributed by atoms with Crippen molar-refractivity contribution in [3.63, 3.8) is 0 Å². The number of amides is 1. The van der Waals surface area contributed by atoms with Gasteiger partial charge in [0.15, 0.2) is 6.29 Å². The summed E-state index contributed by atoms with van der Waals surface area (Å²) in [6, 6.07) is -0.723. The first-order chi connectivity index (χ1) is 45.8. The standard InChI is InChI=1S/C84H155NO8/c1-3-5-7-9-11-13-15-17-19-21-23-25-27-29-31-33-35-37-38-39-40-42-44-46-48-50-52-54-56-58-60-62-64-66-68-70-72-74-80(88)85-77(76-92-84-83(91)82(90)81(89)79(75-86)93-84)78(87)73-71-69-67-65-63-61-59-57-55-53-51-49-47-45-43-41-36-34-32-30-28-26-24-22-20-18-16-14-12-10-8-6-4-2/h5,7,11,13,17,19,23,25,29,31,35,37,77-79,81-84,86-87,89-91H,3-4,6,8-10,12,14-16,18,20-22,24,26-28,30,32-34,36,38-76H2,1-2H3,(H,85,88)/b7-5-,13-11-,19-17-,25-23-,31-29-,37-35-. The number of allylic oxidation sites excluding steroid dienone is 12. The third kappa shape index (κ3) is 60.5. The fraction of sp³-hybridized carbons (Fsp3) is 0.845. The van der Waals surface area contributed by atoms with Crippen LogP contribution in [0.15, 0.2) is 72.9 Å². The van der Waals surface area contributed by atoms with E-state index >= 15 is 0 Å². The first-order valence-electron chi connectivity index (χ1n) is 40.6. The molecule has 1 aliphatic heterocycles. The number of unbranched alkanes of at least 4 members (excludes halogenated alkanes) is 50. The van der Waals surface area contributed by atoms with Crippen LogP contribution in [0.3, 0.4) is 0 Å². The van der Waals surface area contributed by atoms with E-state index in [1.165, 1.54) is 295 Å². The predicted octanol–water partition coefficient (Wildman–Crippen LogP) is 23.4. The lowest BCUT2D eigenvalue weighted by molar-refractivity contribution is -0.302. The van der Waals surface area contributed by atoms with Crippen LogP contribution in [-0.4, -0.2) is 87.5 Å². The maximum Gasteiger partial charge on any atom is 0.220 e. The lowest BCUT2D eigenvalue weighted by Crippen LogP contribution is -2.60. The second-order valence-electron chi connectivity index (χ2n) is 28.2. The molecule has 0 aromatic rings. The van der Waals surface area contributed by atoms with E-state index in [-0.39, 0.29) is 12.5 Å². The minimum absolute atomic E-state index is 0.136. The van der Waals surface area contributed by atoms with E-state index in [2.05, 4.69) is 92.1 Å². The summed E-state index contributed by atoms with van der Waals surface area (Å²) in [6.45, 7) is 3.78. The molecule has 9 heteroatoms.